The molecule has 2 aromatic rings. The highest BCUT2D eigenvalue weighted by Gasteiger charge is 2.07. The minimum Gasteiger partial charge on any atom is -0.298 e. The first-order chi connectivity index (χ1) is 6.83. The lowest BCUT2D eigenvalue weighted by atomic mass is 10.1. The van der Waals surface area contributed by atoms with Crippen LogP contribution >= 0.6 is 12.2 Å². The zero-order valence-electron chi connectivity index (χ0n) is 7.24. The van der Waals surface area contributed by atoms with Crippen molar-refractivity contribution in [3.05, 3.63) is 40.5 Å². The maximum atomic E-state index is 8.89. The van der Waals surface area contributed by atoms with Crippen LogP contribution in [0.15, 0.2) is 30.3 Å². The number of nitrogens with zero attached hydrogens (tertiary/aromatic N) is 1. The number of benzene rings is 1. The molecule has 3 nitrogen and oxygen atoms in total. The molecule has 0 saturated heterocycles. The topological polar surface area (TPSA) is 55.4 Å². The number of nitriles is 1. The van der Waals surface area contributed by atoms with Crippen molar-refractivity contribution in [2.24, 2.45) is 0 Å². The first-order valence-electron chi connectivity index (χ1n) is 4.09. The summed E-state index contributed by atoms with van der Waals surface area (Å²) in [5.41, 5.74) is 2.20. The monoisotopic (exact) mass is 201 g/mol. The van der Waals surface area contributed by atoms with Crippen LogP contribution in [0.3, 0.4) is 0 Å². The van der Waals surface area contributed by atoms with Crippen molar-refractivity contribution in [3.8, 4) is 17.3 Å². The van der Waals surface area contributed by atoms with Gasteiger partial charge in [-0.3, -0.25) is 10.2 Å². The lowest BCUT2D eigenvalue weighted by molar-refractivity contribution is 1.08. The SMILES string of the molecule is N#Cc1c(-c2ccccc2)[nH][nH]c1=S. The Labute approximate surface area is 86.0 Å². The summed E-state index contributed by atoms with van der Waals surface area (Å²) < 4.78 is 0.450. The van der Waals surface area contributed by atoms with Gasteiger partial charge in [-0.2, -0.15) is 5.26 Å². The Morgan fingerprint density at radius 3 is 2.50 bits per heavy atom. The summed E-state index contributed by atoms with van der Waals surface area (Å²) in [6.07, 6.45) is 0. The van der Waals surface area contributed by atoms with Crippen LogP contribution in [-0.2, 0) is 0 Å². The molecule has 68 valence electrons. The fraction of sp³-hybridized carbons (Fsp3) is 0. The average Bonchev–Trinajstić information content (AvgIpc) is 2.61. The van der Waals surface area contributed by atoms with Gasteiger partial charge in [0.1, 0.15) is 16.3 Å². The molecule has 0 aliphatic rings. The minimum atomic E-state index is 0.450. The minimum absolute atomic E-state index is 0.450. The van der Waals surface area contributed by atoms with Gasteiger partial charge < -0.3 is 0 Å². The van der Waals surface area contributed by atoms with Gasteiger partial charge in [-0.25, -0.2) is 0 Å². The molecule has 0 unspecified atom stereocenters. The van der Waals surface area contributed by atoms with Crippen molar-refractivity contribution in [1.82, 2.24) is 10.2 Å². The molecule has 0 amide bonds. The third kappa shape index (κ3) is 1.34. The van der Waals surface area contributed by atoms with Gasteiger partial charge in [0.25, 0.3) is 0 Å². The van der Waals surface area contributed by atoms with Crippen molar-refractivity contribution < 1.29 is 0 Å². The van der Waals surface area contributed by atoms with Crippen LogP contribution in [0.1, 0.15) is 5.56 Å². The van der Waals surface area contributed by atoms with E-state index in [4.69, 9.17) is 17.5 Å². The molecule has 14 heavy (non-hydrogen) atoms. The lowest BCUT2D eigenvalue weighted by Gasteiger charge is -1.95. The molecule has 2 rings (SSSR count). The number of aromatic amines is 2. The van der Waals surface area contributed by atoms with Crippen LogP contribution in [0.4, 0.5) is 0 Å². The predicted octanol–water partition coefficient (Wildman–Crippen LogP) is 2.61. The van der Waals surface area contributed by atoms with Crippen LogP contribution in [0.25, 0.3) is 11.3 Å². The van der Waals surface area contributed by atoms with Gasteiger partial charge in [0.15, 0.2) is 0 Å². The van der Waals surface area contributed by atoms with E-state index in [1.165, 1.54) is 0 Å². The maximum Gasteiger partial charge on any atom is 0.137 e. The summed E-state index contributed by atoms with van der Waals surface area (Å²) in [5, 5.41) is 14.5. The zero-order valence-corrected chi connectivity index (χ0v) is 8.06. The van der Waals surface area contributed by atoms with E-state index >= 15 is 0 Å². The van der Waals surface area contributed by atoms with Crippen LogP contribution in [0, 0.1) is 16.0 Å². The lowest BCUT2D eigenvalue weighted by Crippen LogP contribution is -1.80. The Hall–Kier alpha value is -1.86. The Morgan fingerprint density at radius 1 is 1.14 bits per heavy atom. The molecule has 4 heteroatoms. The molecule has 1 aromatic carbocycles. The van der Waals surface area contributed by atoms with E-state index in [0.29, 0.717) is 10.2 Å². The van der Waals surface area contributed by atoms with E-state index in [0.717, 1.165) is 11.3 Å². The van der Waals surface area contributed by atoms with Crippen LogP contribution in [-0.4, -0.2) is 10.2 Å². The summed E-state index contributed by atoms with van der Waals surface area (Å²) in [7, 11) is 0. The summed E-state index contributed by atoms with van der Waals surface area (Å²) in [4.78, 5) is 0. The maximum absolute atomic E-state index is 8.89. The molecule has 0 aliphatic heterocycles. The second kappa shape index (κ2) is 3.48. The van der Waals surface area contributed by atoms with Crippen molar-refractivity contribution >= 4 is 12.2 Å². The van der Waals surface area contributed by atoms with Crippen LogP contribution in [0.5, 0.6) is 0 Å². The number of hydrogen-bond acceptors (Lipinski definition) is 2. The van der Waals surface area contributed by atoms with E-state index in [1.54, 1.807) is 0 Å². The highest BCUT2D eigenvalue weighted by molar-refractivity contribution is 7.71. The van der Waals surface area contributed by atoms with E-state index in [9.17, 15) is 0 Å². The Bertz CT molecular complexity index is 530. The molecule has 0 spiro atoms. The van der Waals surface area contributed by atoms with Gasteiger partial charge >= 0.3 is 0 Å². The molecule has 1 heterocycles. The molecule has 0 radical (unpaired) electrons. The number of nitrogens with one attached hydrogen (secondary N) is 2. The fourth-order valence-electron chi connectivity index (χ4n) is 1.29. The van der Waals surface area contributed by atoms with E-state index in [1.807, 2.05) is 30.3 Å². The fourth-order valence-corrected chi connectivity index (χ4v) is 1.48. The Morgan fingerprint density at radius 2 is 1.86 bits per heavy atom. The zero-order chi connectivity index (χ0) is 9.97. The Balaban J connectivity index is 2.65. The third-order valence-electron chi connectivity index (χ3n) is 1.95. The number of H-pyrrole nitrogens is 2. The summed E-state index contributed by atoms with van der Waals surface area (Å²) in [6, 6.07) is 11.7. The smallest absolute Gasteiger partial charge is 0.137 e. The molecule has 0 aliphatic carbocycles. The summed E-state index contributed by atoms with van der Waals surface area (Å²) in [5.74, 6) is 0. The van der Waals surface area contributed by atoms with Crippen LogP contribution < -0.4 is 0 Å². The van der Waals surface area contributed by atoms with Gasteiger partial charge in [-0.05, 0) is 0 Å². The van der Waals surface area contributed by atoms with Crippen molar-refractivity contribution in [2.75, 3.05) is 0 Å². The largest absolute Gasteiger partial charge is 0.298 e. The molecule has 0 bridgehead atoms. The van der Waals surface area contributed by atoms with Crippen molar-refractivity contribution in [1.29, 1.82) is 5.26 Å². The van der Waals surface area contributed by atoms with Gasteiger partial charge in [0, 0.05) is 5.56 Å². The van der Waals surface area contributed by atoms with Crippen LogP contribution in [0.2, 0.25) is 0 Å². The molecular formula is C10H7N3S. The van der Waals surface area contributed by atoms with Gasteiger partial charge in [-0.15, -0.1) is 0 Å². The van der Waals surface area contributed by atoms with Gasteiger partial charge in [0.05, 0.1) is 5.69 Å². The molecule has 0 atom stereocenters. The molecular weight excluding hydrogens is 194 g/mol. The molecule has 0 fully saturated rings. The van der Waals surface area contributed by atoms with Crippen molar-refractivity contribution in [2.45, 2.75) is 0 Å². The number of rotatable bonds is 1. The predicted molar refractivity (Wildman–Crippen MR) is 56.1 cm³/mol. The summed E-state index contributed by atoms with van der Waals surface area (Å²) >= 11 is 4.96. The summed E-state index contributed by atoms with van der Waals surface area (Å²) in [6.45, 7) is 0. The first-order valence-corrected chi connectivity index (χ1v) is 4.50. The molecule has 1 aromatic heterocycles. The molecule has 2 N–H and O–H groups in total. The second-order valence-electron chi connectivity index (χ2n) is 2.81. The number of hydrogen-bond donors (Lipinski definition) is 2. The second-order valence-corrected chi connectivity index (χ2v) is 3.22. The third-order valence-corrected chi connectivity index (χ3v) is 2.26. The first kappa shape index (κ1) is 8.73. The van der Waals surface area contributed by atoms with Gasteiger partial charge in [-0.1, -0.05) is 42.5 Å². The van der Waals surface area contributed by atoms with Crippen molar-refractivity contribution in [3.63, 3.8) is 0 Å². The quantitative estimate of drug-likeness (QED) is 0.697. The van der Waals surface area contributed by atoms with E-state index < -0.39 is 0 Å². The highest BCUT2D eigenvalue weighted by Crippen LogP contribution is 2.20. The van der Waals surface area contributed by atoms with Gasteiger partial charge in [0.2, 0.25) is 0 Å². The molecule has 0 saturated carbocycles. The standard InChI is InChI=1S/C10H7N3S/c11-6-8-9(12-13-10(8)14)7-4-2-1-3-5-7/h1-5H,(H2,12,13,14). The van der Waals surface area contributed by atoms with E-state index in [2.05, 4.69) is 16.3 Å². The number of aromatic nitrogens is 2. The average molecular weight is 201 g/mol. The highest BCUT2D eigenvalue weighted by atomic mass is 32.1. The Kier molecular flexibility index (Phi) is 2.17. The normalized spacial score (nSPS) is 9.64. The van der Waals surface area contributed by atoms with E-state index in [-0.39, 0.29) is 0 Å².